The van der Waals surface area contributed by atoms with Crippen LogP contribution in [0, 0.1) is 41.0 Å². The van der Waals surface area contributed by atoms with E-state index in [0.29, 0.717) is 0 Å². The predicted molar refractivity (Wildman–Crippen MR) is 183 cm³/mol. The van der Waals surface area contributed by atoms with E-state index in [-0.39, 0.29) is 36.4 Å². The van der Waals surface area contributed by atoms with Gasteiger partial charge in [0.2, 0.25) is 0 Å². The van der Waals surface area contributed by atoms with Crippen LogP contribution in [-0.4, -0.2) is 10.9 Å². The van der Waals surface area contributed by atoms with Gasteiger partial charge in [0.1, 0.15) is 0 Å². The molecular formula is C40H37O4PRh. The monoisotopic (exact) mass is 715 g/mol. The molecule has 3 aliphatic heterocycles. The summed E-state index contributed by atoms with van der Waals surface area (Å²) < 4.78 is 15.0. The second-order valence-corrected chi connectivity index (χ2v) is 13.3. The number of rotatable bonds is 4. The number of carbonyl (C=O) groups is 1. The standard InChI is InChI=1S/C33H29P.C5H8O2.2CO.Rh/c1-22-14-16-27(24(3)18-22)31-20-33(26-10-6-5-7-11-26)21-32(28-17-15-23(2)19-25(28)4)34(31)30-13-9-8-12-29(30)33;1-4(6)3-5(2)7;2*1-2;/h5-21H,1-4H3;3,6H,1-2H3;;;/b;4-3-;;;. The Kier molecular flexibility index (Phi) is 14.3. The van der Waals surface area contributed by atoms with Crippen molar-refractivity contribution in [3.8, 4) is 0 Å². The first-order valence-electron chi connectivity index (χ1n) is 14.5. The van der Waals surface area contributed by atoms with E-state index in [1.165, 1.54) is 80.4 Å². The molecular weight excluding hydrogens is 678 g/mol. The van der Waals surface area contributed by atoms with Gasteiger partial charge in [0, 0.05) is 25.6 Å². The molecule has 46 heavy (non-hydrogen) atoms. The first kappa shape index (κ1) is 38.3. The fourth-order valence-electron chi connectivity index (χ4n) is 6.09. The Morgan fingerprint density at radius 1 is 0.717 bits per heavy atom. The van der Waals surface area contributed by atoms with Gasteiger partial charge in [-0.3, -0.25) is 4.79 Å². The van der Waals surface area contributed by atoms with Crippen LogP contribution in [0.15, 0.2) is 115 Å². The molecule has 0 spiro atoms. The van der Waals surface area contributed by atoms with Crippen molar-refractivity contribution in [1.29, 1.82) is 0 Å². The van der Waals surface area contributed by atoms with E-state index in [2.05, 4.69) is 144 Å². The molecule has 0 atom stereocenters. The maximum atomic E-state index is 10.0. The van der Waals surface area contributed by atoms with Crippen molar-refractivity contribution in [2.45, 2.75) is 47.0 Å². The van der Waals surface area contributed by atoms with Crippen LogP contribution in [-0.2, 0) is 39.0 Å². The molecule has 4 aromatic rings. The number of hydrogen-bond donors (Lipinski definition) is 1. The van der Waals surface area contributed by atoms with E-state index in [0.717, 1.165) is 0 Å². The van der Waals surface area contributed by atoms with Gasteiger partial charge in [0.05, 0.1) is 11.2 Å². The topological polar surface area (TPSA) is 77.1 Å². The van der Waals surface area contributed by atoms with Crippen molar-refractivity contribution < 1.29 is 38.7 Å². The smallest absolute Gasteiger partial charge is 0 e. The Morgan fingerprint density at radius 2 is 1.17 bits per heavy atom. The molecule has 3 heterocycles. The van der Waals surface area contributed by atoms with Crippen molar-refractivity contribution in [1.82, 2.24) is 0 Å². The van der Waals surface area contributed by atoms with Gasteiger partial charge in [-0.15, -0.1) is 0 Å². The number of aryl methyl sites for hydroxylation is 4. The molecule has 0 aliphatic carbocycles. The molecule has 4 nitrogen and oxygen atoms in total. The van der Waals surface area contributed by atoms with Crippen LogP contribution in [0.2, 0.25) is 0 Å². The third kappa shape index (κ3) is 8.08. The second kappa shape index (κ2) is 17.1. The molecule has 235 valence electrons. The predicted octanol–water partition coefficient (Wildman–Crippen LogP) is 9.38. The van der Waals surface area contributed by atoms with Crippen LogP contribution < -0.4 is 5.30 Å². The molecule has 0 unspecified atom stereocenters. The first-order chi connectivity index (χ1) is 21.6. The number of hydrogen-bond acceptors (Lipinski definition) is 2. The number of benzene rings is 4. The van der Waals surface area contributed by atoms with E-state index >= 15 is 0 Å². The van der Waals surface area contributed by atoms with Crippen LogP contribution in [0.4, 0.5) is 0 Å². The van der Waals surface area contributed by atoms with E-state index < -0.39 is 7.92 Å². The SMILES string of the molecule is CC(=O)/C=C(/C)O.Cc1ccc(C2=CC3(c4ccccc4)C=C(c4ccc(C)cc4C)P2c2ccccc23)c(C)c1.[C-]#[O+].[C-]#[O+].[Rh]. The van der Waals surface area contributed by atoms with Gasteiger partial charge >= 0.3 is 22.6 Å². The van der Waals surface area contributed by atoms with Crippen molar-refractivity contribution in [2.75, 3.05) is 0 Å². The molecule has 7 rings (SSSR count). The average Bonchev–Trinajstić information content (AvgIpc) is 3.03. The molecule has 2 bridgehead atoms. The summed E-state index contributed by atoms with van der Waals surface area (Å²) in [5.74, 6) is -0.0625. The third-order valence-corrected chi connectivity index (χ3v) is 10.4. The molecule has 1 N–H and O–H groups in total. The van der Waals surface area contributed by atoms with Crippen LogP contribution in [0.25, 0.3) is 10.6 Å². The zero-order valence-corrected chi connectivity index (χ0v) is 29.4. The van der Waals surface area contributed by atoms with Crippen molar-refractivity contribution in [3.05, 3.63) is 173 Å². The fourth-order valence-corrected chi connectivity index (χ4v) is 9.26. The number of carbonyl (C=O) groups excluding carboxylic acids is 1. The third-order valence-electron chi connectivity index (χ3n) is 7.78. The summed E-state index contributed by atoms with van der Waals surface area (Å²) in [6.45, 7) is 20.8. The van der Waals surface area contributed by atoms with E-state index in [4.69, 9.17) is 14.4 Å². The molecule has 0 saturated carbocycles. The van der Waals surface area contributed by atoms with Crippen LogP contribution in [0.3, 0.4) is 0 Å². The zero-order chi connectivity index (χ0) is 33.3. The summed E-state index contributed by atoms with van der Waals surface area (Å²) in [5, 5.41) is 12.8. The summed E-state index contributed by atoms with van der Waals surface area (Å²) in [4.78, 5) is 10.0. The molecule has 3 aliphatic rings. The molecule has 4 aromatic carbocycles. The number of aliphatic hydroxyl groups excluding tert-OH is 1. The van der Waals surface area contributed by atoms with Crippen LogP contribution in [0.1, 0.15) is 58.4 Å². The summed E-state index contributed by atoms with van der Waals surface area (Å²) in [6.07, 6.45) is 6.34. The average molecular weight is 716 g/mol. The zero-order valence-electron chi connectivity index (χ0n) is 26.8. The van der Waals surface area contributed by atoms with Crippen molar-refractivity contribution in [2.24, 2.45) is 0 Å². The Balaban J connectivity index is 0.000000540. The van der Waals surface area contributed by atoms with Gasteiger partial charge in [-0.1, -0.05) is 114 Å². The minimum Gasteiger partial charge on any atom is 0 e. The largest absolute Gasteiger partial charge is 0 e. The molecule has 0 aromatic heterocycles. The quantitative estimate of drug-likeness (QED) is 0.0571. The summed E-state index contributed by atoms with van der Waals surface area (Å²) in [5.41, 5.74) is 10.6. The Morgan fingerprint density at radius 3 is 1.59 bits per heavy atom. The van der Waals surface area contributed by atoms with E-state index in [1.54, 1.807) is 0 Å². The van der Waals surface area contributed by atoms with Crippen molar-refractivity contribution in [3.63, 3.8) is 0 Å². The van der Waals surface area contributed by atoms with Gasteiger partial charge in [-0.2, -0.15) is 0 Å². The minimum absolute atomic E-state index is 0. The van der Waals surface area contributed by atoms with Crippen molar-refractivity contribution >= 4 is 29.6 Å². The normalized spacial score (nSPS) is 17.0. The summed E-state index contributed by atoms with van der Waals surface area (Å²) in [6, 6.07) is 34.1. The first-order valence-corrected chi connectivity index (χ1v) is 15.8. The van der Waals surface area contributed by atoms with E-state index in [1.807, 2.05) is 0 Å². The molecule has 0 amide bonds. The van der Waals surface area contributed by atoms with Gasteiger partial charge in [-0.25, -0.2) is 0 Å². The fraction of sp³-hybridized carbons (Fsp3) is 0.175. The Labute approximate surface area is 286 Å². The Hall–Kier alpha value is -3.90. The number of ketones is 1. The Bertz CT molecular complexity index is 1750. The molecule has 0 saturated heterocycles. The van der Waals surface area contributed by atoms with E-state index in [9.17, 15) is 4.79 Å². The maximum absolute atomic E-state index is 10.0. The summed E-state index contributed by atoms with van der Waals surface area (Å²) >= 11 is 0. The number of allylic oxidation sites excluding steroid dienone is 4. The molecule has 1 radical (unpaired) electrons. The van der Waals surface area contributed by atoms with Crippen LogP contribution in [0.5, 0.6) is 0 Å². The molecule has 6 heteroatoms. The van der Waals surface area contributed by atoms with Gasteiger partial charge in [0.25, 0.3) is 0 Å². The number of aliphatic hydroxyl groups is 1. The van der Waals surface area contributed by atoms with Gasteiger partial charge in [0.15, 0.2) is 5.78 Å². The second-order valence-electron chi connectivity index (χ2n) is 11.2. The van der Waals surface area contributed by atoms with Crippen LogP contribution >= 0.6 is 7.92 Å². The van der Waals surface area contributed by atoms with Gasteiger partial charge < -0.3 is 5.11 Å². The van der Waals surface area contributed by atoms with Gasteiger partial charge in [-0.05, 0) is 98.8 Å². The minimum atomic E-state index is -0.650. The maximum Gasteiger partial charge on any atom is 0 e. The summed E-state index contributed by atoms with van der Waals surface area (Å²) in [7, 11) is -0.650. The molecule has 0 fully saturated rings.